The van der Waals surface area contributed by atoms with Gasteiger partial charge in [0.15, 0.2) is 11.5 Å². The summed E-state index contributed by atoms with van der Waals surface area (Å²) >= 11 is 0. The first-order valence-corrected chi connectivity index (χ1v) is 5.17. The van der Waals surface area contributed by atoms with Gasteiger partial charge in [-0.3, -0.25) is 4.79 Å². The van der Waals surface area contributed by atoms with Crippen LogP contribution in [0.4, 0.5) is 0 Å². The predicted molar refractivity (Wildman–Crippen MR) is 63.7 cm³/mol. The minimum Gasteiger partial charge on any atom is -0.453 e. The second-order valence-electron chi connectivity index (χ2n) is 3.90. The number of benzene rings is 2. The number of carbonyl (C=O) groups is 1. The molecule has 78 valence electrons. The molecule has 2 heteroatoms. The average molecular weight is 210 g/mol. The van der Waals surface area contributed by atoms with Crippen LogP contribution in [-0.4, -0.2) is 5.78 Å². The highest BCUT2D eigenvalue weighted by molar-refractivity contribution is 6.00. The first-order valence-electron chi connectivity index (χ1n) is 5.17. The van der Waals surface area contributed by atoms with E-state index in [-0.39, 0.29) is 5.78 Å². The van der Waals surface area contributed by atoms with Crippen LogP contribution < -0.4 is 0 Å². The molecule has 0 N–H and O–H groups in total. The Morgan fingerprint density at radius 3 is 2.38 bits per heavy atom. The number of furan rings is 1. The van der Waals surface area contributed by atoms with E-state index >= 15 is 0 Å². The molecule has 0 aliphatic carbocycles. The third-order valence-electron chi connectivity index (χ3n) is 2.73. The van der Waals surface area contributed by atoms with Crippen molar-refractivity contribution in [1.82, 2.24) is 0 Å². The molecular weight excluding hydrogens is 200 g/mol. The highest BCUT2D eigenvalue weighted by atomic mass is 16.3. The largest absolute Gasteiger partial charge is 0.453 e. The summed E-state index contributed by atoms with van der Waals surface area (Å²) in [5, 5.41) is 3.26. The second-order valence-corrected chi connectivity index (χ2v) is 3.90. The van der Waals surface area contributed by atoms with Gasteiger partial charge in [-0.25, -0.2) is 0 Å². The molecule has 0 radical (unpaired) electrons. The molecule has 0 aliphatic heterocycles. The third-order valence-corrected chi connectivity index (χ3v) is 2.73. The normalized spacial score (nSPS) is 11.1. The summed E-state index contributed by atoms with van der Waals surface area (Å²) in [7, 11) is 0. The topological polar surface area (TPSA) is 30.2 Å². The Bertz CT molecular complexity index is 640. The van der Waals surface area contributed by atoms with Crippen molar-refractivity contribution < 1.29 is 9.21 Å². The fraction of sp³-hybridized carbons (Fsp3) is 0.0714. The van der Waals surface area contributed by atoms with Gasteiger partial charge < -0.3 is 4.42 Å². The summed E-state index contributed by atoms with van der Waals surface area (Å²) < 4.78 is 5.49. The summed E-state index contributed by atoms with van der Waals surface area (Å²) in [6.45, 7) is 1.51. The lowest BCUT2D eigenvalue weighted by Crippen LogP contribution is -1.85. The van der Waals surface area contributed by atoms with E-state index < -0.39 is 0 Å². The van der Waals surface area contributed by atoms with E-state index in [0.29, 0.717) is 5.76 Å². The number of hydrogen-bond acceptors (Lipinski definition) is 2. The van der Waals surface area contributed by atoms with Gasteiger partial charge in [-0.2, -0.15) is 0 Å². The molecule has 3 aromatic rings. The maximum Gasteiger partial charge on any atom is 0.194 e. The van der Waals surface area contributed by atoms with Crippen molar-refractivity contribution in [3.8, 4) is 0 Å². The van der Waals surface area contributed by atoms with Crippen LogP contribution in [-0.2, 0) is 0 Å². The fourth-order valence-electron chi connectivity index (χ4n) is 1.90. The molecule has 0 atom stereocenters. The zero-order valence-corrected chi connectivity index (χ0v) is 8.86. The molecule has 0 aliphatic rings. The maximum atomic E-state index is 11.2. The van der Waals surface area contributed by atoms with Gasteiger partial charge in [-0.15, -0.1) is 0 Å². The summed E-state index contributed by atoms with van der Waals surface area (Å²) in [4.78, 5) is 11.2. The van der Waals surface area contributed by atoms with E-state index in [1.807, 2.05) is 30.3 Å². The Balaban J connectivity index is 2.38. The lowest BCUT2D eigenvalue weighted by molar-refractivity contribution is 0.0989. The highest BCUT2D eigenvalue weighted by Gasteiger charge is 2.08. The number of hydrogen-bond donors (Lipinski definition) is 0. The van der Waals surface area contributed by atoms with Crippen molar-refractivity contribution in [2.75, 3.05) is 0 Å². The molecular formula is C14H10O2. The molecule has 0 unspecified atom stereocenters. The number of carbonyl (C=O) groups excluding carboxylic acids is 1. The standard InChI is InChI=1S/C14H10O2/c1-9(15)13-8-12-6-10-4-2-3-5-11(10)7-14(12)16-13/h2-8H,1H3. The Kier molecular flexibility index (Phi) is 1.83. The molecule has 0 amide bonds. The molecule has 1 aromatic heterocycles. The summed E-state index contributed by atoms with van der Waals surface area (Å²) in [5.41, 5.74) is 0.768. The fourth-order valence-corrected chi connectivity index (χ4v) is 1.90. The Morgan fingerprint density at radius 2 is 1.69 bits per heavy atom. The minimum absolute atomic E-state index is 0.0414. The third kappa shape index (κ3) is 1.31. The van der Waals surface area contributed by atoms with Crippen LogP contribution in [0.25, 0.3) is 21.7 Å². The Hall–Kier alpha value is -2.09. The average Bonchev–Trinajstić information content (AvgIpc) is 2.68. The molecule has 0 fully saturated rings. The van der Waals surface area contributed by atoms with Crippen LogP contribution in [0, 0.1) is 0 Å². The van der Waals surface area contributed by atoms with Crippen LogP contribution >= 0.6 is 0 Å². The zero-order chi connectivity index (χ0) is 11.1. The molecule has 3 rings (SSSR count). The molecule has 0 bridgehead atoms. The Labute approximate surface area is 92.5 Å². The van der Waals surface area contributed by atoms with Crippen LogP contribution in [0.5, 0.6) is 0 Å². The molecule has 0 spiro atoms. The van der Waals surface area contributed by atoms with Crippen LogP contribution in [0.2, 0.25) is 0 Å². The lowest BCUT2D eigenvalue weighted by Gasteiger charge is -1.95. The van der Waals surface area contributed by atoms with Crippen molar-refractivity contribution in [2.24, 2.45) is 0 Å². The van der Waals surface area contributed by atoms with Crippen molar-refractivity contribution in [2.45, 2.75) is 6.92 Å². The summed E-state index contributed by atoms with van der Waals surface area (Å²) in [6, 6.07) is 13.9. The van der Waals surface area contributed by atoms with Gasteiger partial charge in [-0.05, 0) is 29.0 Å². The number of rotatable bonds is 1. The van der Waals surface area contributed by atoms with Gasteiger partial charge in [0.05, 0.1) is 0 Å². The van der Waals surface area contributed by atoms with Crippen LogP contribution in [0.3, 0.4) is 0 Å². The molecule has 2 aromatic carbocycles. The van der Waals surface area contributed by atoms with Crippen molar-refractivity contribution in [1.29, 1.82) is 0 Å². The molecule has 1 heterocycles. The summed E-state index contributed by atoms with van der Waals surface area (Å²) in [6.07, 6.45) is 0. The highest BCUT2D eigenvalue weighted by Crippen LogP contribution is 2.25. The lowest BCUT2D eigenvalue weighted by atomic mass is 10.1. The van der Waals surface area contributed by atoms with Crippen LogP contribution in [0.1, 0.15) is 17.5 Å². The smallest absolute Gasteiger partial charge is 0.194 e. The zero-order valence-electron chi connectivity index (χ0n) is 8.86. The number of fused-ring (bicyclic) bond motifs is 2. The van der Waals surface area contributed by atoms with E-state index in [1.165, 1.54) is 6.92 Å². The van der Waals surface area contributed by atoms with Gasteiger partial charge >= 0.3 is 0 Å². The number of Topliss-reactive ketones (excluding diaryl/α,β-unsaturated/α-hetero) is 1. The van der Waals surface area contributed by atoms with Gasteiger partial charge in [0.1, 0.15) is 5.58 Å². The minimum atomic E-state index is -0.0414. The van der Waals surface area contributed by atoms with Crippen molar-refractivity contribution >= 4 is 27.5 Å². The van der Waals surface area contributed by atoms with Gasteiger partial charge in [0.25, 0.3) is 0 Å². The van der Waals surface area contributed by atoms with Crippen molar-refractivity contribution in [3.63, 3.8) is 0 Å². The Morgan fingerprint density at radius 1 is 1.00 bits per heavy atom. The SMILES string of the molecule is CC(=O)c1cc2cc3ccccc3cc2o1. The van der Waals surface area contributed by atoms with Crippen LogP contribution in [0.15, 0.2) is 46.9 Å². The number of ketones is 1. The van der Waals surface area contributed by atoms with E-state index in [4.69, 9.17) is 4.42 Å². The van der Waals surface area contributed by atoms with E-state index in [2.05, 4.69) is 6.07 Å². The molecule has 0 saturated heterocycles. The van der Waals surface area contributed by atoms with Gasteiger partial charge in [0, 0.05) is 12.3 Å². The summed E-state index contributed by atoms with van der Waals surface area (Å²) in [5.74, 6) is 0.380. The second kappa shape index (κ2) is 3.20. The van der Waals surface area contributed by atoms with Gasteiger partial charge in [0.2, 0.25) is 0 Å². The first kappa shape index (κ1) is 9.16. The predicted octanol–water partition coefficient (Wildman–Crippen LogP) is 3.79. The van der Waals surface area contributed by atoms with Gasteiger partial charge in [-0.1, -0.05) is 24.3 Å². The first-order chi connectivity index (χ1) is 7.74. The maximum absolute atomic E-state index is 11.2. The quantitative estimate of drug-likeness (QED) is 0.572. The molecule has 0 saturated carbocycles. The molecule has 16 heavy (non-hydrogen) atoms. The van der Waals surface area contributed by atoms with E-state index in [0.717, 1.165) is 21.7 Å². The molecule has 2 nitrogen and oxygen atoms in total. The monoisotopic (exact) mass is 210 g/mol. The van der Waals surface area contributed by atoms with E-state index in [9.17, 15) is 4.79 Å². The van der Waals surface area contributed by atoms with E-state index in [1.54, 1.807) is 6.07 Å². The van der Waals surface area contributed by atoms with Crippen molar-refractivity contribution in [3.05, 3.63) is 48.2 Å².